The first kappa shape index (κ1) is 11.5. The summed E-state index contributed by atoms with van der Waals surface area (Å²) in [5.74, 6) is 0.0546. The predicted molar refractivity (Wildman–Crippen MR) is 68.6 cm³/mol. The fourth-order valence-electron chi connectivity index (χ4n) is 2.09. The van der Waals surface area contributed by atoms with Crippen LogP contribution in [0.2, 0.25) is 0 Å². The molecule has 1 saturated heterocycles. The SMILES string of the molecule is CC(=O)NC1CCN(c2ccccc2Br)C1. The largest absolute Gasteiger partial charge is 0.368 e. The predicted octanol–water partition coefficient (Wildman–Crippen LogP) is 2.16. The molecule has 3 nitrogen and oxygen atoms in total. The Labute approximate surface area is 104 Å². The van der Waals surface area contributed by atoms with Crippen molar-refractivity contribution in [2.75, 3.05) is 18.0 Å². The van der Waals surface area contributed by atoms with E-state index in [2.05, 4.69) is 32.2 Å². The lowest BCUT2D eigenvalue weighted by atomic mass is 10.2. The summed E-state index contributed by atoms with van der Waals surface area (Å²) in [5, 5.41) is 2.97. The number of nitrogens with zero attached hydrogens (tertiary/aromatic N) is 1. The van der Waals surface area contributed by atoms with E-state index in [0.717, 1.165) is 24.0 Å². The van der Waals surface area contributed by atoms with Crippen molar-refractivity contribution in [3.8, 4) is 0 Å². The quantitative estimate of drug-likeness (QED) is 0.902. The summed E-state index contributed by atoms with van der Waals surface area (Å²) in [6.45, 7) is 3.46. The molecule has 0 bridgehead atoms. The topological polar surface area (TPSA) is 32.3 Å². The van der Waals surface area contributed by atoms with Crippen LogP contribution in [0.15, 0.2) is 28.7 Å². The average Bonchev–Trinajstić information content (AvgIpc) is 2.66. The Morgan fingerprint density at radius 1 is 1.50 bits per heavy atom. The zero-order chi connectivity index (χ0) is 11.5. The molecule has 1 aromatic carbocycles. The van der Waals surface area contributed by atoms with Gasteiger partial charge in [-0.05, 0) is 34.5 Å². The summed E-state index contributed by atoms with van der Waals surface area (Å²) < 4.78 is 1.11. The number of hydrogen-bond acceptors (Lipinski definition) is 2. The van der Waals surface area contributed by atoms with Gasteiger partial charge in [-0.15, -0.1) is 0 Å². The fourth-order valence-corrected chi connectivity index (χ4v) is 2.63. The molecular formula is C12H15BrN2O. The molecule has 0 aliphatic carbocycles. The zero-order valence-electron chi connectivity index (χ0n) is 9.24. The molecule has 0 aromatic heterocycles. The molecule has 1 aromatic rings. The van der Waals surface area contributed by atoms with Gasteiger partial charge >= 0.3 is 0 Å². The van der Waals surface area contributed by atoms with Gasteiger partial charge in [-0.1, -0.05) is 12.1 Å². The van der Waals surface area contributed by atoms with Crippen LogP contribution >= 0.6 is 15.9 Å². The van der Waals surface area contributed by atoms with Gasteiger partial charge in [0.05, 0.1) is 5.69 Å². The van der Waals surface area contributed by atoms with Crippen molar-refractivity contribution < 1.29 is 4.79 Å². The Balaban J connectivity index is 2.04. The number of para-hydroxylation sites is 1. The van der Waals surface area contributed by atoms with E-state index >= 15 is 0 Å². The molecule has 1 fully saturated rings. The van der Waals surface area contributed by atoms with E-state index in [1.807, 2.05) is 18.2 Å². The summed E-state index contributed by atoms with van der Waals surface area (Å²) >= 11 is 3.55. The molecular weight excluding hydrogens is 268 g/mol. The minimum Gasteiger partial charge on any atom is -0.368 e. The van der Waals surface area contributed by atoms with E-state index in [0.29, 0.717) is 0 Å². The normalized spacial score (nSPS) is 19.9. The van der Waals surface area contributed by atoms with Gasteiger partial charge in [0.15, 0.2) is 0 Å². The maximum atomic E-state index is 11.0. The number of carbonyl (C=O) groups excluding carboxylic acids is 1. The van der Waals surface area contributed by atoms with Crippen molar-refractivity contribution in [3.05, 3.63) is 28.7 Å². The zero-order valence-corrected chi connectivity index (χ0v) is 10.8. The second-order valence-corrected chi connectivity index (χ2v) is 4.94. The van der Waals surface area contributed by atoms with Crippen molar-refractivity contribution in [1.82, 2.24) is 5.32 Å². The molecule has 1 N–H and O–H groups in total. The third-order valence-electron chi connectivity index (χ3n) is 2.79. The van der Waals surface area contributed by atoms with Gasteiger partial charge in [0.2, 0.25) is 5.91 Å². The van der Waals surface area contributed by atoms with E-state index in [9.17, 15) is 4.79 Å². The Bertz CT molecular complexity index is 394. The van der Waals surface area contributed by atoms with Crippen molar-refractivity contribution in [2.24, 2.45) is 0 Å². The number of nitrogens with one attached hydrogen (secondary N) is 1. The highest BCUT2D eigenvalue weighted by molar-refractivity contribution is 9.10. The molecule has 86 valence electrons. The van der Waals surface area contributed by atoms with Crippen molar-refractivity contribution in [2.45, 2.75) is 19.4 Å². The van der Waals surface area contributed by atoms with Gasteiger partial charge in [0.25, 0.3) is 0 Å². The van der Waals surface area contributed by atoms with Crippen LogP contribution in [0.25, 0.3) is 0 Å². The number of benzene rings is 1. The smallest absolute Gasteiger partial charge is 0.217 e. The third kappa shape index (κ3) is 2.55. The maximum absolute atomic E-state index is 11.0. The van der Waals surface area contributed by atoms with Crippen LogP contribution in [-0.4, -0.2) is 25.0 Å². The first-order valence-electron chi connectivity index (χ1n) is 5.43. The second kappa shape index (κ2) is 4.87. The molecule has 1 aliphatic rings. The molecule has 2 rings (SSSR count). The molecule has 0 spiro atoms. The number of rotatable bonds is 2. The molecule has 1 aliphatic heterocycles. The molecule has 0 saturated carbocycles. The summed E-state index contributed by atoms with van der Waals surface area (Å²) in [7, 11) is 0. The third-order valence-corrected chi connectivity index (χ3v) is 3.46. The summed E-state index contributed by atoms with van der Waals surface area (Å²) in [5.41, 5.74) is 1.20. The second-order valence-electron chi connectivity index (χ2n) is 4.08. The van der Waals surface area contributed by atoms with E-state index in [4.69, 9.17) is 0 Å². The standard InChI is InChI=1S/C12H15BrN2O/c1-9(16)14-10-6-7-15(8-10)12-5-3-2-4-11(12)13/h2-5,10H,6-8H2,1H3,(H,14,16). The van der Waals surface area contributed by atoms with Crippen LogP contribution in [0.5, 0.6) is 0 Å². The van der Waals surface area contributed by atoms with Crippen molar-refractivity contribution in [3.63, 3.8) is 0 Å². The number of amides is 1. The van der Waals surface area contributed by atoms with E-state index < -0.39 is 0 Å². The van der Waals surface area contributed by atoms with Gasteiger partial charge in [0, 0.05) is 30.5 Å². The van der Waals surface area contributed by atoms with Gasteiger partial charge in [0.1, 0.15) is 0 Å². The Kier molecular flexibility index (Phi) is 3.49. The number of halogens is 1. The Morgan fingerprint density at radius 2 is 2.25 bits per heavy atom. The highest BCUT2D eigenvalue weighted by atomic mass is 79.9. The molecule has 16 heavy (non-hydrogen) atoms. The van der Waals surface area contributed by atoms with E-state index in [-0.39, 0.29) is 11.9 Å². The first-order chi connectivity index (χ1) is 7.66. The molecule has 0 radical (unpaired) electrons. The van der Waals surface area contributed by atoms with Crippen LogP contribution < -0.4 is 10.2 Å². The van der Waals surface area contributed by atoms with Crippen LogP contribution in [0, 0.1) is 0 Å². The van der Waals surface area contributed by atoms with Crippen LogP contribution in [0.1, 0.15) is 13.3 Å². The summed E-state index contributed by atoms with van der Waals surface area (Å²) in [6.07, 6.45) is 1.01. The van der Waals surface area contributed by atoms with Crippen molar-refractivity contribution >= 4 is 27.5 Å². The average molecular weight is 283 g/mol. The fraction of sp³-hybridized carbons (Fsp3) is 0.417. The molecule has 1 amide bonds. The molecule has 1 unspecified atom stereocenters. The lowest BCUT2D eigenvalue weighted by molar-refractivity contribution is -0.119. The van der Waals surface area contributed by atoms with E-state index in [1.165, 1.54) is 5.69 Å². The van der Waals surface area contributed by atoms with Crippen LogP contribution in [0.4, 0.5) is 5.69 Å². The van der Waals surface area contributed by atoms with Gasteiger partial charge in [-0.3, -0.25) is 4.79 Å². The highest BCUT2D eigenvalue weighted by Crippen LogP contribution is 2.28. The van der Waals surface area contributed by atoms with Gasteiger partial charge in [-0.2, -0.15) is 0 Å². The van der Waals surface area contributed by atoms with Crippen molar-refractivity contribution in [1.29, 1.82) is 0 Å². The number of anilines is 1. The number of hydrogen-bond donors (Lipinski definition) is 1. The molecule has 1 heterocycles. The van der Waals surface area contributed by atoms with Crippen LogP contribution in [-0.2, 0) is 4.79 Å². The molecule has 4 heteroatoms. The number of carbonyl (C=O) groups is 1. The minimum atomic E-state index is 0.0546. The highest BCUT2D eigenvalue weighted by Gasteiger charge is 2.23. The van der Waals surface area contributed by atoms with E-state index in [1.54, 1.807) is 6.92 Å². The lowest BCUT2D eigenvalue weighted by Gasteiger charge is -2.20. The molecule has 1 atom stereocenters. The lowest BCUT2D eigenvalue weighted by Crippen LogP contribution is -2.35. The summed E-state index contributed by atoms with van der Waals surface area (Å²) in [6, 6.07) is 8.46. The first-order valence-corrected chi connectivity index (χ1v) is 6.22. The maximum Gasteiger partial charge on any atom is 0.217 e. The monoisotopic (exact) mass is 282 g/mol. The van der Waals surface area contributed by atoms with Gasteiger partial charge < -0.3 is 10.2 Å². The summed E-state index contributed by atoms with van der Waals surface area (Å²) in [4.78, 5) is 13.3. The Hall–Kier alpha value is -1.03. The van der Waals surface area contributed by atoms with Crippen LogP contribution in [0.3, 0.4) is 0 Å². The minimum absolute atomic E-state index is 0.0546. The Morgan fingerprint density at radius 3 is 2.94 bits per heavy atom. The van der Waals surface area contributed by atoms with Gasteiger partial charge in [-0.25, -0.2) is 0 Å².